The third-order valence-corrected chi connectivity index (χ3v) is 4.58. The lowest BCUT2D eigenvalue weighted by Gasteiger charge is -2.34. The first kappa shape index (κ1) is 16.5. The van der Waals surface area contributed by atoms with Crippen LogP contribution in [0.1, 0.15) is 40.0 Å². The van der Waals surface area contributed by atoms with Crippen LogP contribution in [0, 0.1) is 0 Å². The largest absolute Gasteiger partial charge is 0.444 e. The Hall–Kier alpha value is -2.31. The molecular formula is C17H24N4O3. The number of nitrogens with two attached hydrogens (primary N) is 1. The molecule has 130 valence electrons. The molecule has 24 heavy (non-hydrogen) atoms. The van der Waals surface area contributed by atoms with E-state index in [4.69, 9.17) is 10.5 Å². The van der Waals surface area contributed by atoms with Gasteiger partial charge in [-0.15, -0.1) is 0 Å². The van der Waals surface area contributed by atoms with Gasteiger partial charge in [0.2, 0.25) is 0 Å². The van der Waals surface area contributed by atoms with Gasteiger partial charge in [-0.2, -0.15) is 0 Å². The van der Waals surface area contributed by atoms with Crippen LogP contribution in [0.3, 0.4) is 0 Å². The van der Waals surface area contributed by atoms with Gasteiger partial charge in [0.05, 0.1) is 11.9 Å². The van der Waals surface area contributed by atoms with Gasteiger partial charge < -0.3 is 15.4 Å². The van der Waals surface area contributed by atoms with E-state index < -0.39 is 17.2 Å². The summed E-state index contributed by atoms with van der Waals surface area (Å²) < 4.78 is 5.50. The molecule has 1 aromatic rings. The molecule has 7 nitrogen and oxygen atoms in total. The molecule has 2 amide bonds. The topological polar surface area (TPSA) is 88.8 Å². The number of ether oxygens (including phenoxy) is 1. The normalized spacial score (nSPS) is 24.0. The molecule has 1 atom stereocenters. The van der Waals surface area contributed by atoms with Crippen molar-refractivity contribution in [2.75, 3.05) is 23.7 Å². The predicted octanol–water partition coefficient (Wildman–Crippen LogP) is 2.17. The van der Waals surface area contributed by atoms with Crippen LogP contribution >= 0.6 is 0 Å². The van der Waals surface area contributed by atoms with Crippen LogP contribution in [0.2, 0.25) is 0 Å². The molecule has 0 aliphatic carbocycles. The first-order valence-electron chi connectivity index (χ1n) is 8.27. The Labute approximate surface area is 141 Å². The van der Waals surface area contributed by atoms with Gasteiger partial charge in [0, 0.05) is 13.1 Å². The second kappa shape index (κ2) is 5.65. The van der Waals surface area contributed by atoms with Gasteiger partial charge >= 0.3 is 6.09 Å². The van der Waals surface area contributed by atoms with Crippen LogP contribution in [0.5, 0.6) is 0 Å². The second-order valence-corrected chi connectivity index (χ2v) is 7.42. The number of likely N-dealkylation sites (tertiary alicyclic amines) is 1. The number of hydrogen-bond donors (Lipinski definition) is 1. The lowest BCUT2D eigenvalue weighted by atomic mass is 9.94. The van der Waals surface area contributed by atoms with Gasteiger partial charge in [0.1, 0.15) is 17.0 Å². The maximum absolute atomic E-state index is 13.1. The molecule has 2 aliphatic heterocycles. The quantitative estimate of drug-likeness (QED) is 0.851. The molecule has 1 unspecified atom stereocenters. The summed E-state index contributed by atoms with van der Waals surface area (Å²) in [6.07, 6.45) is 3.27. The molecule has 0 bridgehead atoms. The van der Waals surface area contributed by atoms with Crippen molar-refractivity contribution in [3.8, 4) is 0 Å². The van der Waals surface area contributed by atoms with Crippen LogP contribution in [-0.4, -0.2) is 46.1 Å². The molecule has 2 N–H and O–H groups in total. The van der Waals surface area contributed by atoms with Crippen LogP contribution in [0.25, 0.3) is 0 Å². The molecular weight excluding hydrogens is 308 g/mol. The van der Waals surface area contributed by atoms with Crippen LogP contribution < -0.4 is 10.6 Å². The predicted molar refractivity (Wildman–Crippen MR) is 90.5 cm³/mol. The first-order chi connectivity index (χ1) is 11.2. The van der Waals surface area contributed by atoms with Crippen molar-refractivity contribution in [2.24, 2.45) is 0 Å². The highest BCUT2D eigenvalue weighted by atomic mass is 16.6. The SMILES string of the molecule is CC(C)(C)OC(=O)N1CCCC12CCN(c1ccc(N)nc1)C2=O. The van der Waals surface area contributed by atoms with Gasteiger partial charge in [-0.1, -0.05) is 0 Å². The third-order valence-electron chi connectivity index (χ3n) is 4.58. The summed E-state index contributed by atoms with van der Waals surface area (Å²) in [6, 6.07) is 3.46. The summed E-state index contributed by atoms with van der Waals surface area (Å²) in [5, 5.41) is 0. The van der Waals surface area contributed by atoms with E-state index in [1.54, 1.807) is 28.1 Å². The van der Waals surface area contributed by atoms with E-state index in [2.05, 4.69) is 4.98 Å². The molecule has 0 aromatic carbocycles. The van der Waals surface area contributed by atoms with Crippen molar-refractivity contribution in [2.45, 2.75) is 51.2 Å². The zero-order chi connectivity index (χ0) is 17.5. The highest BCUT2D eigenvalue weighted by Gasteiger charge is 2.56. The fourth-order valence-corrected chi connectivity index (χ4v) is 3.50. The number of anilines is 2. The number of nitrogen functional groups attached to an aromatic ring is 1. The first-order valence-corrected chi connectivity index (χ1v) is 8.27. The zero-order valence-corrected chi connectivity index (χ0v) is 14.4. The van der Waals surface area contributed by atoms with Crippen molar-refractivity contribution in [1.82, 2.24) is 9.88 Å². The van der Waals surface area contributed by atoms with E-state index in [0.717, 1.165) is 6.42 Å². The van der Waals surface area contributed by atoms with Crippen LogP contribution in [0.15, 0.2) is 18.3 Å². The molecule has 0 radical (unpaired) electrons. The minimum atomic E-state index is -0.788. The van der Waals surface area contributed by atoms with Gasteiger partial charge in [0.25, 0.3) is 5.91 Å². The molecule has 1 aromatic heterocycles. The molecule has 3 rings (SSSR count). The minimum Gasteiger partial charge on any atom is -0.444 e. The van der Waals surface area contributed by atoms with E-state index in [1.165, 1.54) is 0 Å². The van der Waals surface area contributed by atoms with Crippen molar-refractivity contribution < 1.29 is 14.3 Å². The number of carbonyl (C=O) groups excluding carboxylic acids is 2. The number of nitrogens with zero attached hydrogens (tertiary/aromatic N) is 3. The Kier molecular flexibility index (Phi) is 3.89. The monoisotopic (exact) mass is 332 g/mol. The number of aromatic nitrogens is 1. The number of carbonyl (C=O) groups is 2. The highest BCUT2D eigenvalue weighted by Crippen LogP contribution is 2.41. The summed E-state index contributed by atoms with van der Waals surface area (Å²) in [5.74, 6) is 0.355. The number of pyridine rings is 1. The zero-order valence-electron chi connectivity index (χ0n) is 14.4. The summed E-state index contributed by atoms with van der Waals surface area (Å²) in [7, 11) is 0. The molecule has 1 spiro atoms. The Balaban J connectivity index is 1.83. The average Bonchev–Trinajstić information content (AvgIpc) is 3.05. The Bertz CT molecular complexity index is 653. The lowest BCUT2D eigenvalue weighted by molar-refractivity contribution is -0.126. The van der Waals surface area contributed by atoms with Crippen molar-refractivity contribution >= 4 is 23.5 Å². The lowest BCUT2D eigenvalue weighted by Crippen LogP contribution is -2.54. The van der Waals surface area contributed by atoms with Crippen molar-refractivity contribution in [3.05, 3.63) is 18.3 Å². The number of amides is 2. The van der Waals surface area contributed by atoms with Crippen molar-refractivity contribution in [1.29, 1.82) is 0 Å². The molecule has 2 saturated heterocycles. The average molecular weight is 332 g/mol. The Morgan fingerprint density at radius 3 is 2.67 bits per heavy atom. The fraction of sp³-hybridized carbons (Fsp3) is 0.588. The third kappa shape index (κ3) is 2.79. The summed E-state index contributed by atoms with van der Waals surface area (Å²) in [5.41, 5.74) is 4.95. The molecule has 0 saturated carbocycles. The number of hydrogen-bond acceptors (Lipinski definition) is 5. The van der Waals surface area contributed by atoms with Gasteiger partial charge in [0.15, 0.2) is 0 Å². The smallest absolute Gasteiger partial charge is 0.411 e. The fourth-order valence-electron chi connectivity index (χ4n) is 3.50. The van der Waals surface area contributed by atoms with Crippen molar-refractivity contribution in [3.63, 3.8) is 0 Å². The summed E-state index contributed by atoms with van der Waals surface area (Å²) in [6.45, 7) is 6.60. The van der Waals surface area contributed by atoms with E-state index >= 15 is 0 Å². The van der Waals surface area contributed by atoms with E-state index in [1.807, 2.05) is 20.8 Å². The maximum atomic E-state index is 13.1. The molecule has 3 heterocycles. The Morgan fingerprint density at radius 1 is 1.29 bits per heavy atom. The van der Waals surface area contributed by atoms with Crippen LogP contribution in [0.4, 0.5) is 16.3 Å². The Morgan fingerprint density at radius 2 is 2.04 bits per heavy atom. The van der Waals surface area contributed by atoms with Gasteiger partial charge in [-0.3, -0.25) is 9.69 Å². The van der Waals surface area contributed by atoms with E-state index in [9.17, 15) is 9.59 Å². The number of rotatable bonds is 1. The molecule has 2 aliphatic rings. The van der Waals surface area contributed by atoms with E-state index in [-0.39, 0.29) is 5.91 Å². The highest BCUT2D eigenvalue weighted by molar-refractivity contribution is 6.04. The maximum Gasteiger partial charge on any atom is 0.411 e. The summed E-state index contributed by atoms with van der Waals surface area (Å²) >= 11 is 0. The minimum absolute atomic E-state index is 0.0579. The molecule has 2 fully saturated rings. The van der Waals surface area contributed by atoms with Gasteiger partial charge in [-0.05, 0) is 52.2 Å². The van der Waals surface area contributed by atoms with Crippen LogP contribution in [-0.2, 0) is 9.53 Å². The standard InChI is InChI=1S/C17H24N4O3/c1-16(2,3)24-15(23)21-9-4-7-17(21)8-10-20(14(17)22)12-5-6-13(18)19-11-12/h5-6,11H,4,7-10H2,1-3H3,(H2,18,19). The van der Waals surface area contributed by atoms with Gasteiger partial charge in [-0.25, -0.2) is 9.78 Å². The summed E-state index contributed by atoms with van der Waals surface area (Å²) in [4.78, 5) is 33.0. The molecule has 7 heteroatoms. The van der Waals surface area contributed by atoms with E-state index in [0.29, 0.717) is 37.4 Å². The second-order valence-electron chi connectivity index (χ2n) is 7.42.